The molecular formula is C14H18N2. The number of aromatic nitrogens is 2. The Balaban J connectivity index is 2.05. The Labute approximate surface area is 96.3 Å². The average Bonchev–Trinajstić information content (AvgIpc) is 2.69. The van der Waals surface area contributed by atoms with Crippen molar-refractivity contribution in [2.24, 2.45) is 0 Å². The molecule has 1 fully saturated rings. The maximum absolute atomic E-state index is 4.80. The fourth-order valence-corrected chi connectivity index (χ4v) is 2.90. The van der Waals surface area contributed by atoms with E-state index >= 15 is 0 Å². The molecule has 0 spiro atoms. The molecule has 0 N–H and O–H groups in total. The van der Waals surface area contributed by atoms with Crippen LogP contribution in [0.5, 0.6) is 0 Å². The van der Waals surface area contributed by atoms with Gasteiger partial charge in [0.2, 0.25) is 0 Å². The Morgan fingerprint density at radius 3 is 2.75 bits per heavy atom. The summed E-state index contributed by atoms with van der Waals surface area (Å²) >= 11 is 0. The third kappa shape index (κ3) is 1.53. The van der Waals surface area contributed by atoms with E-state index in [-0.39, 0.29) is 0 Å². The minimum Gasteiger partial charge on any atom is -0.304 e. The summed E-state index contributed by atoms with van der Waals surface area (Å²) in [6, 6.07) is 6.23. The minimum atomic E-state index is 0.702. The van der Waals surface area contributed by atoms with Crippen LogP contribution in [0.4, 0.5) is 0 Å². The van der Waals surface area contributed by atoms with Crippen molar-refractivity contribution in [1.82, 2.24) is 9.38 Å². The van der Waals surface area contributed by atoms with Crippen LogP contribution in [0.2, 0.25) is 0 Å². The number of aryl methyl sites for hydroxylation is 1. The smallest absolute Gasteiger partial charge is 0.137 e. The minimum absolute atomic E-state index is 0.702. The van der Waals surface area contributed by atoms with Gasteiger partial charge >= 0.3 is 0 Å². The molecule has 1 aliphatic carbocycles. The van der Waals surface area contributed by atoms with Gasteiger partial charge in [-0.1, -0.05) is 25.3 Å². The van der Waals surface area contributed by atoms with Gasteiger partial charge in [-0.25, -0.2) is 4.98 Å². The van der Waals surface area contributed by atoms with E-state index in [4.69, 9.17) is 4.98 Å². The first-order valence-electron chi connectivity index (χ1n) is 6.30. The first kappa shape index (κ1) is 9.88. The van der Waals surface area contributed by atoms with Crippen LogP contribution in [0.15, 0.2) is 24.4 Å². The molecule has 1 aliphatic rings. The molecule has 3 rings (SSSR count). The second kappa shape index (κ2) is 3.93. The van der Waals surface area contributed by atoms with Crippen LogP contribution in [-0.4, -0.2) is 9.38 Å². The number of nitrogens with zero attached hydrogens (tertiary/aromatic N) is 2. The van der Waals surface area contributed by atoms with E-state index in [1.807, 2.05) is 0 Å². The molecular weight excluding hydrogens is 196 g/mol. The molecule has 2 nitrogen and oxygen atoms in total. The van der Waals surface area contributed by atoms with Crippen LogP contribution in [0, 0.1) is 6.92 Å². The van der Waals surface area contributed by atoms with E-state index in [1.54, 1.807) is 0 Å². The van der Waals surface area contributed by atoms with E-state index in [0.717, 1.165) is 5.65 Å². The third-order valence-electron chi connectivity index (χ3n) is 3.80. The zero-order valence-corrected chi connectivity index (χ0v) is 9.82. The second-order valence-electron chi connectivity index (χ2n) is 4.85. The number of pyridine rings is 1. The maximum atomic E-state index is 4.80. The van der Waals surface area contributed by atoms with Crippen molar-refractivity contribution in [1.29, 1.82) is 0 Å². The standard InChI is InChI=1S/C14H18N2/c1-11-14(12-7-3-2-4-8-12)15-13-9-5-6-10-16(11)13/h5-6,9-10,12H,2-4,7-8H2,1H3. The van der Waals surface area contributed by atoms with Gasteiger partial charge in [-0.15, -0.1) is 0 Å². The van der Waals surface area contributed by atoms with Gasteiger partial charge in [-0.2, -0.15) is 0 Å². The van der Waals surface area contributed by atoms with Crippen molar-refractivity contribution >= 4 is 5.65 Å². The fraction of sp³-hybridized carbons (Fsp3) is 0.500. The second-order valence-corrected chi connectivity index (χ2v) is 4.85. The predicted octanol–water partition coefficient (Wildman–Crippen LogP) is 3.69. The molecule has 0 aliphatic heterocycles. The van der Waals surface area contributed by atoms with E-state index < -0.39 is 0 Å². The monoisotopic (exact) mass is 214 g/mol. The van der Waals surface area contributed by atoms with Gasteiger partial charge in [0.05, 0.1) is 5.69 Å². The molecule has 2 heteroatoms. The summed E-state index contributed by atoms with van der Waals surface area (Å²) in [4.78, 5) is 4.80. The Hall–Kier alpha value is -1.31. The molecule has 2 heterocycles. The maximum Gasteiger partial charge on any atom is 0.137 e. The molecule has 0 radical (unpaired) electrons. The first-order chi connectivity index (χ1) is 7.86. The summed E-state index contributed by atoms with van der Waals surface area (Å²) < 4.78 is 2.21. The Bertz CT molecular complexity index is 492. The van der Waals surface area contributed by atoms with Crippen LogP contribution in [0.1, 0.15) is 49.4 Å². The van der Waals surface area contributed by atoms with E-state index in [2.05, 4.69) is 35.7 Å². The highest BCUT2D eigenvalue weighted by atomic mass is 15.0. The lowest BCUT2D eigenvalue weighted by Gasteiger charge is -2.20. The van der Waals surface area contributed by atoms with Gasteiger partial charge in [-0.3, -0.25) is 0 Å². The molecule has 0 amide bonds. The largest absolute Gasteiger partial charge is 0.304 e. The molecule has 2 aromatic rings. The van der Waals surface area contributed by atoms with Crippen molar-refractivity contribution < 1.29 is 0 Å². The zero-order valence-electron chi connectivity index (χ0n) is 9.82. The van der Waals surface area contributed by atoms with Crippen LogP contribution >= 0.6 is 0 Å². The summed E-state index contributed by atoms with van der Waals surface area (Å²) in [6.45, 7) is 2.20. The van der Waals surface area contributed by atoms with Gasteiger partial charge < -0.3 is 4.40 Å². The van der Waals surface area contributed by atoms with E-state index in [1.165, 1.54) is 43.5 Å². The number of hydrogen-bond acceptors (Lipinski definition) is 1. The van der Waals surface area contributed by atoms with Gasteiger partial charge in [0.1, 0.15) is 5.65 Å². The van der Waals surface area contributed by atoms with Crippen molar-refractivity contribution in [3.63, 3.8) is 0 Å². The van der Waals surface area contributed by atoms with E-state index in [9.17, 15) is 0 Å². The van der Waals surface area contributed by atoms with E-state index in [0.29, 0.717) is 5.92 Å². The number of fused-ring (bicyclic) bond motifs is 1. The first-order valence-corrected chi connectivity index (χ1v) is 6.30. The summed E-state index contributed by atoms with van der Waals surface area (Å²) in [5.74, 6) is 0.702. The van der Waals surface area contributed by atoms with Crippen molar-refractivity contribution in [3.8, 4) is 0 Å². The topological polar surface area (TPSA) is 17.3 Å². The molecule has 84 valence electrons. The molecule has 16 heavy (non-hydrogen) atoms. The SMILES string of the molecule is Cc1c(C2CCCCC2)nc2ccccn12. The predicted molar refractivity (Wildman–Crippen MR) is 65.8 cm³/mol. The summed E-state index contributed by atoms with van der Waals surface area (Å²) in [5, 5.41) is 0. The highest BCUT2D eigenvalue weighted by molar-refractivity contribution is 5.43. The summed E-state index contributed by atoms with van der Waals surface area (Å²) in [6.07, 6.45) is 8.91. The fourth-order valence-electron chi connectivity index (χ4n) is 2.90. The summed E-state index contributed by atoms with van der Waals surface area (Å²) in [7, 11) is 0. The van der Waals surface area contributed by atoms with Gasteiger partial charge in [-0.05, 0) is 31.9 Å². The Morgan fingerprint density at radius 2 is 2.00 bits per heavy atom. The normalized spacial score (nSPS) is 18.1. The molecule has 0 unspecified atom stereocenters. The average molecular weight is 214 g/mol. The van der Waals surface area contributed by atoms with Crippen LogP contribution in [0.3, 0.4) is 0 Å². The highest BCUT2D eigenvalue weighted by Crippen LogP contribution is 2.33. The summed E-state index contributed by atoms with van der Waals surface area (Å²) in [5.41, 5.74) is 3.77. The third-order valence-corrected chi connectivity index (χ3v) is 3.80. The molecule has 1 saturated carbocycles. The lowest BCUT2D eigenvalue weighted by Crippen LogP contribution is -2.06. The van der Waals surface area contributed by atoms with Crippen molar-refractivity contribution in [2.75, 3.05) is 0 Å². The van der Waals surface area contributed by atoms with Gasteiger partial charge in [0, 0.05) is 17.8 Å². The Kier molecular flexibility index (Phi) is 2.43. The van der Waals surface area contributed by atoms with Crippen molar-refractivity contribution in [3.05, 3.63) is 35.8 Å². The van der Waals surface area contributed by atoms with Crippen LogP contribution in [-0.2, 0) is 0 Å². The lowest BCUT2D eigenvalue weighted by molar-refractivity contribution is 0.436. The van der Waals surface area contributed by atoms with Crippen LogP contribution in [0.25, 0.3) is 5.65 Å². The molecule has 0 bridgehead atoms. The lowest BCUT2D eigenvalue weighted by atomic mass is 9.86. The molecule has 0 atom stereocenters. The number of imidazole rings is 1. The highest BCUT2D eigenvalue weighted by Gasteiger charge is 2.20. The molecule has 0 aromatic carbocycles. The Morgan fingerprint density at radius 1 is 1.19 bits per heavy atom. The molecule has 2 aromatic heterocycles. The van der Waals surface area contributed by atoms with Gasteiger partial charge in [0.15, 0.2) is 0 Å². The molecule has 0 saturated heterocycles. The van der Waals surface area contributed by atoms with Crippen molar-refractivity contribution in [2.45, 2.75) is 44.9 Å². The van der Waals surface area contributed by atoms with Crippen LogP contribution < -0.4 is 0 Å². The van der Waals surface area contributed by atoms with Gasteiger partial charge in [0.25, 0.3) is 0 Å². The number of hydrogen-bond donors (Lipinski definition) is 0. The quantitative estimate of drug-likeness (QED) is 0.707. The number of rotatable bonds is 1. The zero-order chi connectivity index (χ0) is 11.0.